The first-order valence-electron chi connectivity index (χ1n) is 6.33. The highest BCUT2D eigenvalue weighted by Gasteiger charge is 2.42. The number of halogens is 1. The molecule has 0 aliphatic heterocycles. The van der Waals surface area contributed by atoms with E-state index in [1.807, 2.05) is 12.1 Å². The number of hydrogen-bond donors (Lipinski definition) is 5. The molecule has 1 aromatic carbocycles. The molecule has 126 valence electrons. The summed E-state index contributed by atoms with van der Waals surface area (Å²) in [7, 11) is -9.79. The van der Waals surface area contributed by atoms with E-state index in [4.69, 9.17) is 31.2 Å². The summed E-state index contributed by atoms with van der Waals surface area (Å²) in [4.78, 5) is 36.8. The molecule has 0 heterocycles. The van der Waals surface area contributed by atoms with Gasteiger partial charge in [-0.25, -0.2) is 0 Å². The van der Waals surface area contributed by atoms with Crippen LogP contribution in [0.4, 0.5) is 0 Å². The highest BCUT2D eigenvalue weighted by Crippen LogP contribution is 2.58. The van der Waals surface area contributed by atoms with Crippen LogP contribution < -0.4 is 5.32 Å². The molecular formula is C11H18ClNO6P2S. The highest BCUT2D eigenvalue weighted by molar-refractivity contribution is 7.99. The SMILES string of the molecule is O=P(O)(O)C(NCCCCSc1ccc(Cl)cc1)P(=O)(O)O. The van der Waals surface area contributed by atoms with Gasteiger partial charge in [0.1, 0.15) is 0 Å². The summed E-state index contributed by atoms with van der Waals surface area (Å²) in [5.41, 5.74) is -2.14. The average Bonchev–Trinajstić information content (AvgIpc) is 2.36. The lowest BCUT2D eigenvalue weighted by Crippen LogP contribution is -2.29. The third-order valence-corrected chi connectivity index (χ3v) is 7.41. The zero-order valence-corrected chi connectivity index (χ0v) is 14.9. The Morgan fingerprint density at radius 3 is 2.09 bits per heavy atom. The zero-order valence-electron chi connectivity index (χ0n) is 11.5. The molecule has 0 spiro atoms. The van der Waals surface area contributed by atoms with E-state index in [0.29, 0.717) is 11.4 Å². The minimum Gasteiger partial charge on any atom is -0.323 e. The third-order valence-electron chi connectivity index (χ3n) is 2.62. The molecule has 0 saturated carbocycles. The predicted octanol–water partition coefficient (Wildman–Crippen LogP) is 2.44. The molecule has 0 fully saturated rings. The number of unbranched alkanes of at least 4 members (excludes halogenated alkanes) is 1. The van der Waals surface area contributed by atoms with Crippen LogP contribution in [0.15, 0.2) is 29.2 Å². The average molecular weight is 390 g/mol. The van der Waals surface area contributed by atoms with Gasteiger partial charge in [-0.2, -0.15) is 0 Å². The topological polar surface area (TPSA) is 127 Å². The van der Waals surface area contributed by atoms with Crippen molar-refractivity contribution in [3.05, 3.63) is 29.3 Å². The molecular weight excluding hydrogens is 372 g/mol. The molecule has 0 amide bonds. The van der Waals surface area contributed by atoms with Crippen molar-refractivity contribution in [3.8, 4) is 0 Å². The Kier molecular flexibility index (Phi) is 8.09. The molecule has 1 aromatic rings. The van der Waals surface area contributed by atoms with Crippen LogP contribution in [0, 0.1) is 0 Å². The number of nitrogens with one attached hydrogen (secondary N) is 1. The van der Waals surface area contributed by atoms with E-state index in [9.17, 15) is 9.13 Å². The van der Waals surface area contributed by atoms with Crippen LogP contribution in [0.3, 0.4) is 0 Å². The van der Waals surface area contributed by atoms with Crippen molar-refractivity contribution in [2.45, 2.75) is 23.3 Å². The molecule has 0 atom stereocenters. The fraction of sp³-hybridized carbons (Fsp3) is 0.455. The largest absolute Gasteiger partial charge is 0.354 e. The second-order valence-corrected chi connectivity index (χ2v) is 9.92. The van der Waals surface area contributed by atoms with Crippen LogP contribution in [-0.4, -0.2) is 37.4 Å². The fourth-order valence-electron chi connectivity index (χ4n) is 1.61. The van der Waals surface area contributed by atoms with Gasteiger partial charge >= 0.3 is 15.2 Å². The molecule has 0 aliphatic carbocycles. The highest BCUT2D eigenvalue weighted by atomic mass is 35.5. The van der Waals surface area contributed by atoms with Gasteiger partial charge in [-0.05, 0) is 49.4 Å². The maximum atomic E-state index is 11.0. The van der Waals surface area contributed by atoms with Crippen LogP contribution in [0.25, 0.3) is 0 Å². The van der Waals surface area contributed by atoms with E-state index < -0.39 is 20.7 Å². The number of benzene rings is 1. The van der Waals surface area contributed by atoms with Gasteiger partial charge < -0.3 is 19.6 Å². The third kappa shape index (κ3) is 7.59. The Hall–Kier alpha value is 0.120. The number of hydrogen-bond acceptors (Lipinski definition) is 4. The van der Waals surface area contributed by atoms with Gasteiger partial charge in [0.2, 0.25) is 5.52 Å². The first-order chi connectivity index (χ1) is 10.1. The molecule has 1 rings (SSSR count). The maximum Gasteiger partial charge on any atom is 0.354 e. The van der Waals surface area contributed by atoms with Crippen LogP contribution in [0.5, 0.6) is 0 Å². The van der Waals surface area contributed by atoms with E-state index >= 15 is 0 Å². The van der Waals surface area contributed by atoms with Crippen LogP contribution >= 0.6 is 38.6 Å². The Balaban J connectivity index is 2.28. The quantitative estimate of drug-likeness (QED) is 0.247. The number of thioether (sulfide) groups is 1. The molecule has 0 unspecified atom stereocenters. The summed E-state index contributed by atoms with van der Waals surface area (Å²) in [5.74, 6) is 0.778. The lowest BCUT2D eigenvalue weighted by Gasteiger charge is -2.20. The summed E-state index contributed by atoms with van der Waals surface area (Å²) >= 11 is 7.38. The van der Waals surface area contributed by atoms with Gasteiger partial charge in [0.05, 0.1) is 0 Å². The van der Waals surface area contributed by atoms with Crippen molar-refractivity contribution in [1.29, 1.82) is 0 Å². The minimum absolute atomic E-state index is 0.113. The molecule has 0 aliphatic rings. The van der Waals surface area contributed by atoms with Crippen molar-refractivity contribution < 1.29 is 28.7 Å². The van der Waals surface area contributed by atoms with Crippen molar-refractivity contribution in [2.75, 3.05) is 12.3 Å². The van der Waals surface area contributed by atoms with E-state index in [2.05, 4.69) is 5.32 Å². The van der Waals surface area contributed by atoms with Gasteiger partial charge in [-0.15, -0.1) is 11.8 Å². The number of rotatable bonds is 9. The van der Waals surface area contributed by atoms with E-state index in [-0.39, 0.29) is 6.54 Å². The van der Waals surface area contributed by atoms with Crippen molar-refractivity contribution in [3.63, 3.8) is 0 Å². The summed E-state index contributed by atoms with van der Waals surface area (Å²) in [6.07, 6.45) is 1.27. The first kappa shape index (κ1) is 20.2. The monoisotopic (exact) mass is 389 g/mol. The van der Waals surface area contributed by atoms with Crippen LogP contribution in [-0.2, 0) is 9.13 Å². The van der Waals surface area contributed by atoms with Crippen molar-refractivity contribution in [2.24, 2.45) is 0 Å². The second kappa shape index (κ2) is 8.83. The van der Waals surface area contributed by atoms with Gasteiger partial charge in [0.15, 0.2) is 0 Å². The molecule has 22 heavy (non-hydrogen) atoms. The Morgan fingerprint density at radius 1 is 1.05 bits per heavy atom. The first-order valence-corrected chi connectivity index (χ1v) is 11.1. The Labute approximate surface area is 137 Å². The lowest BCUT2D eigenvalue weighted by atomic mass is 10.3. The Bertz CT molecular complexity index is 538. The molecule has 0 bridgehead atoms. The van der Waals surface area contributed by atoms with E-state index in [0.717, 1.165) is 17.1 Å². The maximum absolute atomic E-state index is 11.0. The standard InChI is InChI=1S/C11H18ClNO6P2S/c12-9-3-5-10(6-4-9)22-8-2-1-7-13-11(20(14,15)16)21(17,18)19/h3-6,11,13H,1-2,7-8H2,(H2,14,15,16)(H2,17,18,19). The van der Waals surface area contributed by atoms with Gasteiger partial charge in [-0.3, -0.25) is 14.4 Å². The summed E-state index contributed by atoms with van der Waals surface area (Å²) in [6.45, 7) is 0.113. The summed E-state index contributed by atoms with van der Waals surface area (Å²) in [6, 6.07) is 7.36. The van der Waals surface area contributed by atoms with Crippen LogP contribution in [0.2, 0.25) is 5.02 Å². The summed E-state index contributed by atoms with van der Waals surface area (Å²) < 4.78 is 22.1. The zero-order chi connectivity index (χ0) is 16.8. The van der Waals surface area contributed by atoms with Crippen molar-refractivity contribution >= 4 is 38.6 Å². The molecule has 7 nitrogen and oxygen atoms in total. The van der Waals surface area contributed by atoms with Gasteiger partial charge in [-0.1, -0.05) is 11.6 Å². The normalized spacial score (nSPS) is 12.8. The molecule has 0 aromatic heterocycles. The molecule has 11 heteroatoms. The van der Waals surface area contributed by atoms with E-state index in [1.54, 1.807) is 23.9 Å². The minimum atomic E-state index is -4.90. The molecule has 0 saturated heterocycles. The van der Waals surface area contributed by atoms with Gasteiger partial charge in [0.25, 0.3) is 0 Å². The summed E-state index contributed by atoms with van der Waals surface area (Å²) in [5, 5.41) is 2.91. The smallest absolute Gasteiger partial charge is 0.323 e. The lowest BCUT2D eigenvalue weighted by molar-refractivity contribution is 0.327. The van der Waals surface area contributed by atoms with Crippen LogP contribution in [0.1, 0.15) is 12.8 Å². The predicted molar refractivity (Wildman–Crippen MR) is 87.3 cm³/mol. The fourth-order valence-corrected chi connectivity index (χ4v) is 4.95. The van der Waals surface area contributed by atoms with Gasteiger partial charge in [0, 0.05) is 9.92 Å². The second-order valence-electron chi connectivity index (χ2n) is 4.52. The van der Waals surface area contributed by atoms with E-state index in [1.165, 1.54) is 0 Å². The molecule has 5 N–H and O–H groups in total. The van der Waals surface area contributed by atoms with Crippen molar-refractivity contribution in [1.82, 2.24) is 5.32 Å². The molecule has 0 radical (unpaired) electrons. The Morgan fingerprint density at radius 2 is 1.59 bits per heavy atom.